The van der Waals surface area contributed by atoms with Crippen LogP contribution in [-0.2, 0) is 16.4 Å². The highest BCUT2D eigenvalue weighted by Gasteiger charge is 2.32. The van der Waals surface area contributed by atoms with Crippen LogP contribution in [0.15, 0.2) is 46.9 Å². The largest absolute Gasteiger partial charge is 0.345 e. The van der Waals surface area contributed by atoms with E-state index >= 15 is 0 Å². The number of rotatable bonds is 4. The molecule has 3 rings (SSSR count). The van der Waals surface area contributed by atoms with Gasteiger partial charge in [-0.2, -0.15) is 0 Å². The Morgan fingerprint density at radius 2 is 1.96 bits per heavy atom. The molecule has 2 atom stereocenters. The molecule has 2 aromatic carbocycles. The van der Waals surface area contributed by atoms with Gasteiger partial charge in [0.1, 0.15) is 0 Å². The maximum absolute atomic E-state index is 12.6. The van der Waals surface area contributed by atoms with Crippen LogP contribution in [0.5, 0.6) is 0 Å². The third-order valence-electron chi connectivity index (χ3n) is 4.57. The van der Waals surface area contributed by atoms with E-state index in [1.807, 2.05) is 38.1 Å². The molecule has 0 radical (unpaired) electrons. The fraction of sp³-hybridized carbons (Fsp3) is 0.316. The van der Waals surface area contributed by atoms with E-state index in [0.717, 1.165) is 15.6 Å². The predicted octanol–water partition coefficient (Wildman–Crippen LogP) is 3.65. The number of fused-ring (bicyclic) bond motifs is 1. The zero-order valence-corrected chi connectivity index (χ0v) is 17.3. The van der Waals surface area contributed by atoms with E-state index in [-0.39, 0.29) is 18.0 Å². The average molecular weight is 437 g/mol. The van der Waals surface area contributed by atoms with Crippen LogP contribution < -0.4 is 9.62 Å². The molecule has 1 N–H and O–H groups in total. The van der Waals surface area contributed by atoms with Crippen molar-refractivity contribution in [3.8, 4) is 0 Å². The summed E-state index contributed by atoms with van der Waals surface area (Å²) in [4.78, 5) is 12.6. The molecule has 138 valence electrons. The quantitative estimate of drug-likeness (QED) is 0.794. The van der Waals surface area contributed by atoms with Crippen molar-refractivity contribution in [2.24, 2.45) is 0 Å². The Kier molecular flexibility index (Phi) is 5.12. The molecule has 1 amide bonds. The lowest BCUT2D eigenvalue weighted by Crippen LogP contribution is -2.34. The molecule has 0 saturated heterocycles. The van der Waals surface area contributed by atoms with Gasteiger partial charge in [-0.05, 0) is 55.7 Å². The number of halogens is 1. The van der Waals surface area contributed by atoms with E-state index in [2.05, 4.69) is 21.2 Å². The predicted molar refractivity (Wildman–Crippen MR) is 107 cm³/mol. The molecular weight excluding hydrogens is 416 g/mol. The smallest absolute Gasteiger partial charge is 0.251 e. The summed E-state index contributed by atoms with van der Waals surface area (Å²) in [6, 6.07) is 12.7. The number of sulfonamides is 1. The van der Waals surface area contributed by atoms with Crippen LogP contribution >= 0.6 is 15.9 Å². The number of amides is 1. The molecule has 0 saturated carbocycles. The molecule has 1 heterocycles. The first-order valence-corrected chi connectivity index (χ1v) is 11.0. The fourth-order valence-electron chi connectivity index (χ4n) is 3.43. The van der Waals surface area contributed by atoms with Crippen molar-refractivity contribution in [1.82, 2.24) is 5.32 Å². The first-order chi connectivity index (χ1) is 12.2. The van der Waals surface area contributed by atoms with E-state index in [4.69, 9.17) is 0 Å². The van der Waals surface area contributed by atoms with Crippen LogP contribution in [0.2, 0.25) is 0 Å². The monoisotopic (exact) mass is 436 g/mol. The number of hydrogen-bond donors (Lipinski definition) is 1. The number of carbonyl (C=O) groups is 1. The molecule has 2 aromatic rings. The van der Waals surface area contributed by atoms with Crippen molar-refractivity contribution in [3.05, 3.63) is 63.6 Å². The van der Waals surface area contributed by atoms with E-state index in [9.17, 15) is 13.2 Å². The Bertz CT molecular complexity index is 959. The van der Waals surface area contributed by atoms with Crippen LogP contribution in [0.3, 0.4) is 0 Å². The third-order valence-corrected chi connectivity index (χ3v) is 6.56. The maximum atomic E-state index is 12.6. The molecule has 2 unspecified atom stereocenters. The summed E-state index contributed by atoms with van der Waals surface area (Å²) in [7, 11) is -3.33. The molecule has 0 bridgehead atoms. The van der Waals surface area contributed by atoms with E-state index in [1.54, 1.807) is 18.2 Å². The van der Waals surface area contributed by atoms with Crippen molar-refractivity contribution in [3.63, 3.8) is 0 Å². The van der Waals surface area contributed by atoms with E-state index < -0.39 is 10.0 Å². The summed E-state index contributed by atoms with van der Waals surface area (Å²) in [6.07, 6.45) is 1.81. The summed E-state index contributed by atoms with van der Waals surface area (Å²) in [5.41, 5.74) is 3.07. The first-order valence-electron chi connectivity index (χ1n) is 8.36. The van der Waals surface area contributed by atoms with Crippen molar-refractivity contribution in [1.29, 1.82) is 0 Å². The number of benzene rings is 2. The first kappa shape index (κ1) is 18.9. The van der Waals surface area contributed by atoms with Crippen LogP contribution in [0.1, 0.15) is 41.4 Å². The lowest BCUT2D eigenvalue weighted by Gasteiger charge is -2.22. The maximum Gasteiger partial charge on any atom is 0.251 e. The minimum atomic E-state index is -3.33. The van der Waals surface area contributed by atoms with Crippen molar-refractivity contribution in [2.75, 3.05) is 10.6 Å². The molecule has 0 aromatic heterocycles. The zero-order valence-electron chi connectivity index (χ0n) is 14.9. The summed E-state index contributed by atoms with van der Waals surface area (Å²) >= 11 is 3.50. The van der Waals surface area contributed by atoms with Gasteiger partial charge in [-0.25, -0.2) is 8.42 Å². The molecular formula is C19H21BrN2O3S. The Morgan fingerprint density at radius 3 is 2.62 bits per heavy atom. The molecule has 5 nitrogen and oxygen atoms in total. The standard InChI is InChI=1S/C19H21BrN2O3S/c1-12-10-15-11-14(8-9-18(15)22(12)26(3,24)25)19(23)21-13(2)16-6-4-5-7-17(16)20/h4-9,11-13H,10H2,1-3H3,(H,21,23). The lowest BCUT2D eigenvalue weighted by molar-refractivity contribution is 0.0939. The summed E-state index contributed by atoms with van der Waals surface area (Å²) in [5, 5.41) is 3.00. The molecule has 0 fully saturated rings. The second-order valence-corrected chi connectivity index (χ2v) is 9.39. The van der Waals surface area contributed by atoms with Gasteiger partial charge in [0.2, 0.25) is 10.0 Å². The Hall–Kier alpha value is -1.86. The van der Waals surface area contributed by atoms with Crippen LogP contribution in [0.4, 0.5) is 5.69 Å². The minimum Gasteiger partial charge on any atom is -0.345 e. The van der Waals surface area contributed by atoms with Gasteiger partial charge < -0.3 is 5.32 Å². The van der Waals surface area contributed by atoms with Gasteiger partial charge in [0.25, 0.3) is 5.91 Å². The highest BCUT2D eigenvalue weighted by Crippen LogP contribution is 2.34. The fourth-order valence-corrected chi connectivity index (χ4v) is 5.33. The molecule has 26 heavy (non-hydrogen) atoms. The molecule has 1 aliphatic rings. The van der Waals surface area contributed by atoms with Crippen molar-refractivity contribution in [2.45, 2.75) is 32.4 Å². The van der Waals surface area contributed by atoms with Gasteiger partial charge in [-0.3, -0.25) is 9.10 Å². The number of carbonyl (C=O) groups excluding carboxylic acids is 1. The van der Waals surface area contributed by atoms with Crippen LogP contribution in [0, 0.1) is 0 Å². The van der Waals surface area contributed by atoms with E-state index in [1.165, 1.54) is 10.6 Å². The number of hydrogen-bond acceptors (Lipinski definition) is 3. The lowest BCUT2D eigenvalue weighted by atomic mass is 10.0. The summed E-state index contributed by atoms with van der Waals surface area (Å²) < 4.78 is 26.4. The molecule has 0 spiro atoms. The van der Waals surface area contributed by atoms with Crippen LogP contribution in [-0.4, -0.2) is 26.6 Å². The van der Waals surface area contributed by atoms with Gasteiger partial charge in [0, 0.05) is 16.1 Å². The van der Waals surface area contributed by atoms with Crippen LogP contribution in [0.25, 0.3) is 0 Å². The number of nitrogens with zero attached hydrogens (tertiary/aromatic N) is 1. The summed E-state index contributed by atoms with van der Waals surface area (Å²) in [6.45, 7) is 3.80. The van der Waals surface area contributed by atoms with Crippen molar-refractivity contribution < 1.29 is 13.2 Å². The SMILES string of the molecule is CC(NC(=O)c1ccc2c(c1)CC(C)N2S(C)(=O)=O)c1ccccc1Br. The van der Waals surface area contributed by atoms with Gasteiger partial charge in [0.05, 0.1) is 18.0 Å². The average Bonchev–Trinajstić information content (AvgIpc) is 2.89. The molecule has 7 heteroatoms. The molecule has 0 aliphatic carbocycles. The molecule has 1 aliphatic heterocycles. The normalized spacial score (nSPS) is 17.7. The number of nitrogens with one attached hydrogen (secondary N) is 1. The highest BCUT2D eigenvalue weighted by molar-refractivity contribution is 9.10. The second-order valence-electron chi connectivity index (χ2n) is 6.67. The Balaban J connectivity index is 1.82. The minimum absolute atomic E-state index is 0.141. The van der Waals surface area contributed by atoms with Gasteiger partial charge >= 0.3 is 0 Å². The topological polar surface area (TPSA) is 66.5 Å². The van der Waals surface area contributed by atoms with Gasteiger partial charge in [-0.15, -0.1) is 0 Å². The van der Waals surface area contributed by atoms with Gasteiger partial charge in [-0.1, -0.05) is 34.1 Å². The summed E-state index contributed by atoms with van der Waals surface area (Å²) in [5.74, 6) is -0.179. The van der Waals surface area contributed by atoms with E-state index in [0.29, 0.717) is 17.7 Å². The highest BCUT2D eigenvalue weighted by atomic mass is 79.9. The second kappa shape index (κ2) is 7.04. The third kappa shape index (κ3) is 3.64. The van der Waals surface area contributed by atoms with Crippen molar-refractivity contribution >= 4 is 37.5 Å². The van der Waals surface area contributed by atoms with Gasteiger partial charge in [0.15, 0.2) is 0 Å². The zero-order chi connectivity index (χ0) is 19.1. The number of anilines is 1. The Labute approximate surface area is 162 Å². The Morgan fingerprint density at radius 1 is 1.27 bits per heavy atom.